The van der Waals surface area contributed by atoms with Gasteiger partial charge < -0.3 is 0 Å². The highest BCUT2D eigenvalue weighted by atomic mass is 79.9. The first-order valence-corrected chi connectivity index (χ1v) is 17.7. The molecule has 2 aromatic carbocycles. The molecule has 4 atom stereocenters. The van der Waals surface area contributed by atoms with Crippen molar-refractivity contribution in [1.29, 1.82) is 0 Å². The van der Waals surface area contributed by atoms with Crippen LogP contribution in [0, 0.1) is 11.8 Å². The number of sulfone groups is 1. The second-order valence-electron chi connectivity index (χ2n) is 9.43. The second-order valence-corrected chi connectivity index (χ2v) is 16.9. The minimum Gasteiger partial charge on any atom is -0.229 e. The monoisotopic (exact) mass is 834 g/mol. The lowest BCUT2D eigenvalue weighted by molar-refractivity contribution is 0.585. The third-order valence-corrected chi connectivity index (χ3v) is 11.8. The Labute approximate surface area is 274 Å². The van der Waals surface area contributed by atoms with Crippen LogP contribution in [0.2, 0.25) is 0 Å². The highest BCUT2D eigenvalue weighted by molar-refractivity contribution is 9.11. The molecule has 204 valence electrons. The van der Waals surface area contributed by atoms with E-state index in [2.05, 4.69) is 63.7 Å². The van der Waals surface area contributed by atoms with E-state index in [0.29, 0.717) is 10.1 Å². The molecule has 0 saturated heterocycles. The first-order chi connectivity index (χ1) is 18.4. The summed E-state index contributed by atoms with van der Waals surface area (Å²) in [6.07, 6.45) is 19.2. The summed E-state index contributed by atoms with van der Waals surface area (Å²) in [5.41, 5.74) is 2.06. The lowest BCUT2D eigenvalue weighted by Crippen LogP contribution is -2.27. The van der Waals surface area contributed by atoms with Crippen LogP contribution >= 0.6 is 86.9 Å². The van der Waals surface area contributed by atoms with Crippen molar-refractivity contribution in [2.75, 3.05) is 11.5 Å². The molecule has 0 radical (unpaired) electrons. The molecule has 0 saturated carbocycles. The molecular weight excluding hydrogens is 815 g/mol. The summed E-state index contributed by atoms with van der Waals surface area (Å²) in [5, 5.41) is 0.958. The molecule has 0 bridgehead atoms. The number of benzene rings is 2. The molecule has 39 heavy (non-hydrogen) atoms. The molecule has 0 heterocycles. The van der Waals surface area contributed by atoms with Gasteiger partial charge in [-0.05, 0) is 35.4 Å². The molecule has 0 N–H and O–H groups in total. The van der Waals surface area contributed by atoms with Gasteiger partial charge in [0.25, 0.3) is 0 Å². The Morgan fingerprint density at radius 2 is 1.10 bits per heavy atom. The molecule has 2 aromatic rings. The van der Waals surface area contributed by atoms with Crippen molar-refractivity contribution in [1.82, 2.24) is 0 Å². The molecule has 0 spiro atoms. The fraction of sp³-hybridized carbons (Fsp3) is 0.200. The average Bonchev–Trinajstić information content (AvgIpc) is 2.87. The zero-order valence-electron chi connectivity index (χ0n) is 20.5. The number of hydrogen-bond acceptors (Lipinski definition) is 2. The van der Waals surface area contributed by atoms with E-state index in [4.69, 9.17) is 23.2 Å². The molecule has 9 heteroatoms. The maximum atomic E-state index is 13.2. The first-order valence-electron chi connectivity index (χ1n) is 12.0. The summed E-state index contributed by atoms with van der Waals surface area (Å²) in [6, 6.07) is 15.8. The second kappa shape index (κ2) is 13.1. The smallest absolute Gasteiger partial charge is 0.152 e. The molecule has 2 aliphatic rings. The Morgan fingerprint density at radius 1 is 0.718 bits per heavy atom. The molecule has 4 rings (SSSR count). The minimum atomic E-state index is -3.48. The van der Waals surface area contributed by atoms with Crippen LogP contribution in [0.1, 0.15) is 11.1 Å². The van der Waals surface area contributed by atoms with E-state index >= 15 is 0 Å². The largest absolute Gasteiger partial charge is 0.229 e. The predicted molar refractivity (Wildman–Crippen MR) is 181 cm³/mol. The van der Waals surface area contributed by atoms with E-state index < -0.39 is 30.3 Å². The number of halogens is 6. The summed E-state index contributed by atoms with van der Waals surface area (Å²) < 4.78 is 27.1. The quantitative estimate of drug-likeness (QED) is 0.196. The van der Waals surface area contributed by atoms with Crippen LogP contribution in [-0.4, -0.2) is 28.6 Å². The molecule has 2 nitrogen and oxygen atoms in total. The van der Waals surface area contributed by atoms with Gasteiger partial charge in [-0.2, -0.15) is 0 Å². The van der Waals surface area contributed by atoms with Crippen molar-refractivity contribution < 1.29 is 8.42 Å². The van der Waals surface area contributed by atoms with Crippen LogP contribution in [0.15, 0.2) is 116 Å². The zero-order chi connectivity index (χ0) is 28.3. The van der Waals surface area contributed by atoms with Gasteiger partial charge in [0.2, 0.25) is 0 Å². The Bertz CT molecular complexity index is 1420. The van der Waals surface area contributed by atoms with Crippen molar-refractivity contribution in [3.63, 3.8) is 0 Å². The molecule has 4 unspecified atom stereocenters. The van der Waals surface area contributed by atoms with Gasteiger partial charge in [-0.3, -0.25) is 0 Å². The summed E-state index contributed by atoms with van der Waals surface area (Å²) in [5.74, 6) is -1.02. The Kier molecular flexibility index (Phi) is 10.5. The summed E-state index contributed by atoms with van der Waals surface area (Å²) >= 11 is 27.7. The van der Waals surface area contributed by atoms with E-state index in [9.17, 15) is 8.42 Å². The minimum absolute atomic E-state index is 0.0915. The Hall–Kier alpha value is -0.670. The molecule has 2 aliphatic carbocycles. The summed E-state index contributed by atoms with van der Waals surface area (Å²) in [6.45, 7) is 0. The third kappa shape index (κ3) is 8.67. The highest BCUT2D eigenvalue weighted by Gasteiger charge is 2.32. The SMILES string of the molecule is O=S(=O)(CC1C=CC(Br)(/C=C/c2ccccc2Br)C=C1Cl)CC1C=CC(Br)(/C=C/c2ccccc2Br)C=C1Cl. The van der Waals surface area contributed by atoms with Crippen molar-refractivity contribution >= 4 is 109 Å². The zero-order valence-corrected chi connectivity index (χ0v) is 29.1. The van der Waals surface area contributed by atoms with E-state index in [0.717, 1.165) is 20.1 Å². The number of alkyl halides is 2. The van der Waals surface area contributed by atoms with Crippen molar-refractivity contribution in [3.05, 3.63) is 127 Å². The van der Waals surface area contributed by atoms with Crippen LogP contribution < -0.4 is 0 Å². The summed E-state index contributed by atoms with van der Waals surface area (Å²) in [7, 11) is -3.48. The Balaban J connectivity index is 1.40. The van der Waals surface area contributed by atoms with Crippen LogP contribution in [0.5, 0.6) is 0 Å². The topological polar surface area (TPSA) is 34.1 Å². The number of hydrogen-bond donors (Lipinski definition) is 0. The van der Waals surface area contributed by atoms with Gasteiger partial charge in [0, 0.05) is 30.8 Å². The molecule has 0 aliphatic heterocycles. The average molecular weight is 839 g/mol. The maximum Gasteiger partial charge on any atom is 0.152 e. The number of allylic oxidation sites excluding steroid dienone is 10. The van der Waals surface area contributed by atoms with Gasteiger partial charge in [0.15, 0.2) is 9.84 Å². The van der Waals surface area contributed by atoms with E-state index in [1.54, 1.807) is 0 Å². The van der Waals surface area contributed by atoms with E-state index in [-0.39, 0.29) is 11.5 Å². The molecule has 0 aromatic heterocycles. The standard InChI is InChI=1S/C30H24Br4Cl2O2S/c31-25-7-3-1-5-21(25)9-13-29(33)15-11-23(27(35)17-29)19-39(37,38)20-24-12-16-30(34,18-28(24)36)14-10-22-6-2-4-8-26(22)32/h1-18,23-24H,19-20H2/b13-9+,14-10+. The molecule has 0 fully saturated rings. The highest BCUT2D eigenvalue weighted by Crippen LogP contribution is 2.38. The van der Waals surface area contributed by atoms with E-state index in [1.807, 2.05) is 109 Å². The van der Waals surface area contributed by atoms with Gasteiger partial charge in [-0.15, -0.1) is 0 Å². The predicted octanol–water partition coefficient (Wildman–Crippen LogP) is 10.2. The van der Waals surface area contributed by atoms with Crippen molar-refractivity contribution in [3.8, 4) is 0 Å². The van der Waals surface area contributed by atoms with E-state index in [1.165, 1.54) is 0 Å². The first kappa shape index (κ1) is 31.3. The normalized spacial score (nSPS) is 27.2. The van der Waals surface area contributed by atoms with Crippen molar-refractivity contribution in [2.45, 2.75) is 8.65 Å². The van der Waals surface area contributed by atoms with Crippen LogP contribution in [0.25, 0.3) is 12.2 Å². The molecule has 0 amide bonds. The van der Waals surface area contributed by atoms with Gasteiger partial charge in [-0.25, -0.2) is 8.42 Å². The summed E-state index contributed by atoms with van der Waals surface area (Å²) in [4.78, 5) is 0. The molecular formula is C30H24Br4Cl2O2S. The fourth-order valence-corrected chi connectivity index (χ4v) is 9.01. The van der Waals surface area contributed by atoms with Gasteiger partial charge in [0.05, 0.1) is 20.2 Å². The van der Waals surface area contributed by atoms with Gasteiger partial charge in [-0.1, -0.05) is 172 Å². The lowest BCUT2D eigenvalue weighted by atomic mass is 9.95. The number of rotatable bonds is 8. The lowest BCUT2D eigenvalue weighted by Gasteiger charge is -2.26. The van der Waals surface area contributed by atoms with Crippen LogP contribution in [0.4, 0.5) is 0 Å². The van der Waals surface area contributed by atoms with Gasteiger partial charge in [0.1, 0.15) is 0 Å². The van der Waals surface area contributed by atoms with Crippen molar-refractivity contribution in [2.24, 2.45) is 11.8 Å². The maximum absolute atomic E-state index is 13.2. The Morgan fingerprint density at radius 3 is 1.46 bits per heavy atom. The van der Waals surface area contributed by atoms with Crippen LogP contribution in [0.3, 0.4) is 0 Å². The van der Waals surface area contributed by atoms with Crippen LogP contribution in [-0.2, 0) is 9.84 Å². The van der Waals surface area contributed by atoms with Gasteiger partial charge >= 0.3 is 0 Å². The third-order valence-electron chi connectivity index (χ3n) is 6.31. The fourth-order valence-electron chi connectivity index (χ4n) is 4.19.